The standard InChI is InChI=1S/C14H17N3O2/c1-2-3-8-15-13(18)9-19-14-11-6-4-5-7-12(11)16-10-17-14/h4-7,10H,2-3,8-9H2,1H3,(H,15,18). The number of nitrogens with zero attached hydrogens (tertiary/aromatic N) is 2. The maximum Gasteiger partial charge on any atom is 0.258 e. The third kappa shape index (κ3) is 3.64. The molecular formula is C14H17N3O2. The third-order valence-corrected chi connectivity index (χ3v) is 2.70. The maximum absolute atomic E-state index is 11.5. The Morgan fingerprint density at radius 2 is 2.16 bits per heavy atom. The largest absolute Gasteiger partial charge is 0.467 e. The van der Waals surface area contributed by atoms with Crippen LogP contribution >= 0.6 is 0 Å². The summed E-state index contributed by atoms with van der Waals surface area (Å²) >= 11 is 0. The summed E-state index contributed by atoms with van der Waals surface area (Å²) in [6.45, 7) is 2.74. The number of hydrogen-bond donors (Lipinski definition) is 1. The molecule has 0 aliphatic heterocycles. The third-order valence-electron chi connectivity index (χ3n) is 2.70. The van der Waals surface area contributed by atoms with Gasteiger partial charge in [-0.15, -0.1) is 0 Å². The second-order valence-electron chi connectivity index (χ2n) is 4.19. The monoisotopic (exact) mass is 259 g/mol. The zero-order valence-electron chi connectivity index (χ0n) is 10.9. The molecule has 1 amide bonds. The number of nitrogens with one attached hydrogen (secondary N) is 1. The van der Waals surface area contributed by atoms with Crippen molar-refractivity contribution in [3.05, 3.63) is 30.6 Å². The molecule has 0 unspecified atom stereocenters. The lowest BCUT2D eigenvalue weighted by Crippen LogP contribution is -2.29. The first-order valence-electron chi connectivity index (χ1n) is 6.40. The number of carbonyl (C=O) groups is 1. The van der Waals surface area contributed by atoms with Crippen LogP contribution < -0.4 is 10.1 Å². The number of amides is 1. The van der Waals surface area contributed by atoms with Gasteiger partial charge in [0.15, 0.2) is 6.61 Å². The highest BCUT2D eigenvalue weighted by atomic mass is 16.5. The van der Waals surface area contributed by atoms with Crippen molar-refractivity contribution in [3.63, 3.8) is 0 Å². The van der Waals surface area contributed by atoms with Gasteiger partial charge in [0.2, 0.25) is 5.88 Å². The molecule has 2 aromatic rings. The minimum Gasteiger partial charge on any atom is -0.467 e. The van der Waals surface area contributed by atoms with Gasteiger partial charge < -0.3 is 10.1 Å². The number of hydrogen-bond acceptors (Lipinski definition) is 4. The number of benzene rings is 1. The topological polar surface area (TPSA) is 64.1 Å². The number of unbranched alkanes of at least 4 members (excludes halogenated alkanes) is 1. The lowest BCUT2D eigenvalue weighted by atomic mass is 10.2. The van der Waals surface area contributed by atoms with Crippen molar-refractivity contribution in [1.82, 2.24) is 15.3 Å². The molecule has 1 aromatic carbocycles. The number of rotatable bonds is 6. The van der Waals surface area contributed by atoms with Crippen molar-refractivity contribution in [2.24, 2.45) is 0 Å². The van der Waals surface area contributed by atoms with Crippen LogP contribution in [0.5, 0.6) is 5.88 Å². The molecule has 100 valence electrons. The molecule has 1 aromatic heterocycles. The zero-order chi connectivity index (χ0) is 13.5. The highest BCUT2D eigenvalue weighted by Crippen LogP contribution is 2.20. The first kappa shape index (κ1) is 13.3. The van der Waals surface area contributed by atoms with Crippen LogP contribution in [0.1, 0.15) is 19.8 Å². The van der Waals surface area contributed by atoms with Crippen molar-refractivity contribution in [2.75, 3.05) is 13.2 Å². The fraction of sp³-hybridized carbons (Fsp3) is 0.357. The molecule has 2 rings (SSSR count). The van der Waals surface area contributed by atoms with Gasteiger partial charge in [-0.1, -0.05) is 25.5 Å². The molecule has 1 N–H and O–H groups in total. The van der Waals surface area contributed by atoms with E-state index in [2.05, 4.69) is 22.2 Å². The van der Waals surface area contributed by atoms with Crippen LogP contribution in [-0.4, -0.2) is 29.0 Å². The lowest BCUT2D eigenvalue weighted by molar-refractivity contribution is -0.123. The van der Waals surface area contributed by atoms with E-state index in [0.29, 0.717) is 12.4 Å². The number of carbonyl (C=O) groups excluding carboxylic acids is 1. The molecule has 0 fully saturated rings. The molecule has 0 saturated heterocycles. The lowest BCUT2D eigenvalue weighted by Gasteiger charge is -2.08. The van der Waals surface area contributed by atoms with Crippen molar-refractivity contribution in [1.29, 1.82) is 0 Å². The van der Waals surface area contributed by atoms with Gasteiger partial charge in [-0.05, 0) is 18.6 Å². The van der Waals surface area contributed by atoms with Crippen LogP contribution in [0.3, 0.4) is 0 Å². The summed E-state index contributed by atoms with van der Waals surface area (Å²) in [7, 11) is 0. The van der Waals surface area contributed by atoms with Crippen molar-refractivity contribution < 1.29 is 9.53 Å². The van der Waals surface area contributed by atoms with Gasteiger partial charge >= 0.3 is 0 Å². The smallest absolute Gasteiger partial charge is 0.258 e. The van der Waals surface area contributed by atoms with Crippen molar-refractivity contribution >= 4 is 16.8 Å². The van der Waals surface area contributed by atoms with Gasteiger partial charge in [-0.3, -0.25) is 4.79 Å². The van der Waals surface area contributed by atoms with Gasteiger partial charge in [0, 0.05) is 6.54 Å². The minimum absolute atomic E-state index is 0.0231. The fourth-order valence-corrected chi connectivity index (χ4v) is 1.68. The Morgan fingerprint density at radius 3 is 3.00 bits per heavy atom. The molecule has 0 radical (unpaired) electrons. The molecule has 5 nitrogen and oxygen atoms in total. The van der Waals surface area contributed by atoms with E-state index in [1.165, 1.54) is 6.33 Å². The quantitative estimate of drug-likeness (QED) is 0.805. The molecule has 0 spiro atoms. The van der Waals surface area contributed by atoms with E-state index in [4.69, 9.17) is 4.74 Å². The van der Waals surface area contributed by atoms with Crippen molar-refractivity contribution in [2.45, 2.75) is 19.8 Å². The van der Waals surface area contributed by atoms with E-state index in [0.717, 1.165) is 23.7 Å². The molecule has 0 saturated carbocycles. The van der Waals surface area contributed by atoms with E-state index >= 15 is 0 Å². The van der Waals surface area contributed by atoms with Gasteiger partial charge in [0.1, 0.15) is 6.33 Å². The predicted octanol–water partition coefficient (Wildman–Crippen LogP) is 1.92. The maximum atomic E-state index is 11.5. The zero-order valence-corrected chi connectivity index (χ0v) is 10.9. The fourth-order valence-electron chi connectivity index (χ4n) is 1.68. The average molecular weight is 259 g/mol. The summed E-state index contributed by atoms with van der Waals surface area (Å²) in [6, 6.07) is 7.54. The number of fused-ring (bicyclic) bond motifs is 1. The Balaban J connectivity index is 1.96. The van der Waals surface area contributed by atoms with Crippen LogP contribution in [0.15, 0.2) is 30.6 Å². The van der Waals surface area contributed by atoms with Crippen LogP contribution in [0, 0.1) is 0 Å². The Hall–Kier alpha value is -2.17. The van der Waals surface area contributed by atoms with Crippen LogP contribution in [0.25, 0.3) is 10.9 Å². The molecule has 5 heteroatoms. The summed E-state index contributed by atoms with van der Waals surface area (Å²) in [4.78, 5) is 19.7. The number of ether oxygens (including phenoxy) is 1. The highest BCUT2D eigenvalue weighted by Gasteiger charge is 2.06. The Morgan fingerprint density at radius 1 is 1.32 bits per heavy atom. The summed E-state index contributed by atoms with van der Waals surface area (Å²) in [5.74, 6) is 0.312. The second-order valence-corrected chi connectivity index (χ2v) is 4.19. The Kier molecular flexibility index (Phi) is 4.66. The number of aromatic nitrogens is 2. The first-order valence-corrected chi connectivity index (χ1v) is 6.40. The summed E-state index contributed by atoms with van der Waals surface area (Å²) in [6.07, 6.45) is 3.46. The first-order chi connectivity index (χ1) is 9.31. The van der Waals surface area contributed by atoms with E-state index in [1.807, 2.05) is 24.3 Å². The Bertz CT molecular complexity index is 552. The molecule has 0 bridgehead atoms. The van der Waals surface area contributed by atoms with Crippen molar-refractivity contribution in [3.8, 4) is 5.88 Å². The molecule has 0 aliphatic rings. The SMILES string of the molecule is CCCCNC(=O)COc1ncnc2ccccc12. The minimum atomic E-state index is -0.129. The van der Waals surface area contributed by atoms with Gasteiger partial charge in [-0.2, -0.15) is 0 Å². The predicted molar refractivity (Wildman–Crippen MR) is 73.0 cm³/mol. The molecular weight excluding hydrogens is 242 g/mol. The summed E-state index contributed by atoms with van der Waals surface area (Å²) in [5, 5.41) is 3.61. The summed E-state index contributed by atoms with van der Waals surface area (Å²) in [5.41, 5.74) is 0.805. The van der Waals surface area contributed by atoms with Crippen LogP contribution in [0.2, 0.25) is 0 Å². The average Bonchev–Trinajstić information content (AvgIpc) is 2.45. The number of para-hydroxylation sites is 1. The van der Waals surface area contributed by atoms with E-state index in [1.54, 1.807) is 0 Å². The normalized spacial score (nSPS) is 10.4. The molecule has 1 heterocycles. The van der Waals surface area contributed by atoms with E-state index in [9.17, 15) is 4.79 Å². The van der Waals surface area contributed by atoms with E-state index < -0.39 is 0 Å². The van der Waals surface area contributed by atoms with E-state index in [-0.39, 0.29) is 12.5 Å². The van der Waals surface area contributed by atoms with Crippen LogP contribution in [0.4, 0.5) is 0 Å². The summed E-state index contributed by atoms with van der Waals surface area (Å²) < 4.78 is 5.45. The van der Waals surface area contributed by atoms with Crippen LogP contribution in [-0.2, 0) is 4.79 Å². The van der Waals surface area contributed by atoms with Gasteiger partial charge in [-0.25, -0.2) is 9.97 Å². The Labute approximate surface area is 112 Å². The second kappa shape index (κ2) is 6.68. The molecule has 0 atom stereocenters. The van der Waals surface area contributed by atoms with Gasteiger partial charge in [0.25, 0.3) is 5.91 Å². The highest BCUT2D eigenvalue weighted by molar-refractivity contribution is 5.83. The molecule has 19 heavy (non-hydrogen) atoms. The molecule has 0 aliphatic carbocycles. The van der Waals surface area contributed by atoms with Gasteiger partial charge in [0.05, 0.1) is 10.9 Å².